The van der Waals surface area contributed by atoms with Crippen LogP contribution in [0.15, 0.2) is 24.3 Å². The summed E-state index contributed by atoms with van der Waals surface area (Å²) in [7, 11) is 0. The van der Waals surface area contributed by atoms with Crippen molar-refractivity contribution in [3.8, 4) is 0 Å². The number of hydrogen-bond acceptors (Lipinski definition) is 1. The van der Waals surface area contributed by atoms with Crippen molar-refractivity contribution in [2.75, 3.05) is 0 Å². The van der Waals surface area contributed by atoms with Crippen molar-refractivity contribution in [2.45, 2.75) is 30.0 Å². The monoisotopic (exact) mass is 286 g/mol. The molecule has 1 fully saturated rings. The van der Waals surface area contributed by atoms with E-state index >= 15 is 0 Å². The first kappa shape index (κ1) is 11.2. The number of Topliss-reactive ketones (excluding diaryl/α,β-unsaturated/α-hetero) is 1. The molecule has 3 heteroatoms. The van der Waals surface area contributed by atoms with Crippen molar-refractivity contribution < 1.29 is 4.79 Å². The van der Waals surface area contributed by atoms with Crippen molar-refractivity contribution >= 4 is 33.3 Å². The Labute approximate surface area is 103 Å². The molecule has 1 aromatic carbocycles. The lowest BCUT2D eigenvalue weighted by Gasteiger charge is -2.30. The first-order valence-corrected chi connectivity index (χ1v) is 6.28. The van der Waals surface area contributed by atoms with Crippen LogP contribution in [-0.4, -0.2) is 5.78 Å². The van der Waals surface area contributed by atoms with Crippen molar-refractivity contribution in [1.82, 2.24) is 0 Å². The molecule has 80 valence electrons. The van der Waals surface area contributed by atoms with Crippen LogP contribution in [0.5, 0.6) is 0 Å². The highest BCUT2D eigenvalue weighted by Gasteiger charge is 2.38. The van der Waals surface area contributed by atoms with E-state index in [0.717, 1.165) is 24.8 Å². The minimum absolute atomic E-state index is 0.288. The van der Waals surface area contributed by atoms with E-state index in [9.17, 15) is 4.79 Å². The molecule has 0 bridgehead atoms. The summed E-state index contributed by atoms with van der Waals surface area (Å²) in [5, 5.41) is 0.707. The van der Waals surface area contributed by atoms with Gasteiger partial charge in [-0.15, -0.1) is 0 Å². The Morgan fingerprint density at radius 2 is 1.87 bits per heavy atom. The van der Waals surface area contributed by atoms with Gasteiger partial charge in [0, 0.05) is 11.4 Å². The van der Waals surface area contributed by atoms with Crippen LogP contribution in [0.4, 0.5) is 0 Å². The zero-order valence-electron chi connectivity index (χ0n) is 8.30. The van der Waals surface area contributed by atoms with Crippen LogP contribution in [0.25, 0.3) is 0 Å². The third kappa shape index (κ3) is 2.11. The SMILES string of the molecule is O=C1CCCCC1(Br)c1ccc(Cl)cc1. The lowest BCUT2D eigenvalue weighted by atomic mass is 9.83. The zero-order chi connectivity index (χ0) is 10.9. The Morgan fingerprint density at radius 3 is 2.47 bits per heavy atom. The lowest BCUT2D eigenvalue weighted by Crippen LogP contribution is -2.32. The summed E-state index contributed by atoms with van der Waals surface area (Å²) in [5.41, 5.74) is 1.02. The Morgan fingerprint density at radius 1 is 1.20 bits per heavy atom. The molecule has 0 amide bonds. The first-order valence-electron chi connectivity index (χ1n) is 5.11. The molecule has 0 heterocycles. The molecular weight excluding hydrogens is 275 g/mol. The van der Waals surface area contributed by atoms with Gasteiger partial charge in [-0.2, -0.15) is 0 Å². The topological polar surface area (TPSA) is 17.1 Å². The number of hydrogen-bond donors (Lipinski definition) is 0. The number of ketones is 1. The first-order chi connectivity index (χ1) is 7.13. The molecule has 0 aliphatic heterocycles. The molecule has 1 nitrogen and oxygen atoms in total. The number of carbonyl (C=O) groups is 1. The molecule has 0 radical (unpaired) electrons. The van der Waals surface area contributed by atoms with Crippen LogP contribution in [0.2, 0.25) is 5.02 Å². The van der Waals surface area contributed by atoms with E-state index in [-0.39, 0.29) is 5.78 Å². The van der Waals surface area contributed by atoms with Crippen LogP contribution in [0.3, 0.4) is 0 Å². The molecule has 0 spiro atoms. The number of carbonyl (C=O) groups excluding carboxylic acids is 1. The van der Waals surface area contributed by atoms with E-state index in [0.29, 0.717) is 11.4 Å². The summed E-state index contributed by atoms with van der Waals surface area (Å²) in [5.74, 6) is 0.288. The van der Waals surface area contributed by atoms with Gasteiger partial charge in [0.2, 0.25) is 0 Å². The third-order valence-electron chi connectivity index (χ3n) is 2.92. The maximum absolute atomic E-state index is 11.9. The van der Waals surface area contributed by atoms with Gasteiger partial charge in [0.05, 0.1) is 0 Å². The number of rotatable bonds is 1. The van der Waals surface area contributed by atoms with E-state index in [2.05, 4.69) is 15.9 Å². The molecule has 0 aromatic heterocycles. The number of alkyl halides is 1. The van der Waals surface area contributed by atoms with Crippen LogP contribution in [0.1, 0.15) is 31.2 Å². The van der Waals surface area contributed by atoms with Gasteiger partial charge in [-0.3, -0.25) is 4.79 Å². The average Bonchev–Trinajstić information content (AvgIpc) is 2.23. The summed E-state index contributed by atoms with van der Waals surface area (Å²) in [6, 6.07) is 7.53. The van der Waals surface area contributed by atoms with Gasteiger partial charge in [-0.05, 0) is 30.5 Å². The van der Waals surface area contributed by atoms with E-state index in [1.54, 1.807) is 0 Å². The van der Waals surface area contributed by atoms with Gasteiger partial charge in [-0.25, -0.2) is 0 Å². The summed E-state index contributed by atoms with van der Waals surface area (Å²) >= 11 is 9.43. The predicted molar refractivity (Wildman–Crippen MR) is 65.5 cm³/mol. The predicted octanol–water partition coefficient (Wildman–Crippen LogP) is 4.07. The molecule has 1 atom stereocenters. The number of benzene rings is 1. The average molecular weight is 288 g/mol. The van der Waals surface area contributed by atoms with Crippen molar-refractivity contribution in [1.29, 1.82) is 0 Å². The highest BCUT2D eigenvalue weighted by Crippen LogP contribution is 2.42. The second-order valence-corrected chi connectivity index (χ2v) is 5.73. The number of halogens is 2. The second-order valence-electron chi connectivity index (χ2n) is 3.94. The van der Waals surface area contributed by atoms with Crippen molar-refractivity contribution in [3.05, 3.63) is 34.9 Å². The summed E-state index contributed by atoms with van der Waals surface area (Å²) < 4.78 is -0.462. The van der Waals surface area contributed by atoms with Gasteiger partial charge in [0.1, 0.15) is 4.32 Å². The lowest BCUT2D eigenvalue weighted by molar-refractivity contribution is -0.122. The summed E-state index contributed by atoms with van der Waals surface area (Å²) in [4.78, 5) is 11.9. The molecule has 1 unspecified atom stereocenters. The summed E-state index contributed by atoms with van der Waals surface area (Å²) in [6.07, 6.45) is 3.67. The van der Waals surface area contributed by atoms with E-state index < -0.39 is 4.32 Å². The molecule has 0 saturated heterocycles. The fraction of sp³-hybridized carbons (Fsp3) is 0.417. The fourth-order valence-corrected chi connectivity index (χ4v) is 2.88. The van der Waals surface area contributed by atoms with E-state index in [1.165, 1.54) is 0 Å². The molecule has 1 aromatic rings. The highest BCUT2D eigenvalue weighted by molar-refractivity contribution is 9.10. The smallest absolute Gasteiger partial charge is 0.153 e. The molecular formula is C12H12BrClO. The van der Waals surface area contributed by atoms with E-state index in [4.69, 9.17) is 11.6 Å². The largest absolute Gasteiger partial charge is 0.298 e. The minimum Gasteiger partial charge on any atom is -0.298 e. The molecule has 1 aliphatic carbocycles. The van der Waals surface area contributed by atoms with Gasteiger partial charge in [-0.1, -0.05) is 46.1 Å². The Balaban J connectivity index is 2.35. The van der Waals surface area contributed by atoms with Crippen LogP contribution in [-0.2, 0) is 9.12 Å². The van der Waals surface area contributed by atoms with Crippen molar-refractivity contribution in [2.24, 2.45) is 0 Å². The van der Waals surface area contributed by atoms with Crippen LogP contribution < -0.4 is 0 Å². The summed E-state index contributed by atoms with van der Waals surface area (Å²) in [6.45, 7) is 0. The van der Waals surface area contributed by atoms with Gasteiger partial charge >= 0.3 is 0 Å². The van der Waals surface area contributed by atoms with Crippen molar-refractivity contribution in [3.63, 3.8) is 0 Å². The molecule has 15 heavy (non-hydrogen) atoms. The molecule has 0 N–H and O–H groups in total. The normalized spacial score (nSPS) is 26.7. The molecule has 1 saturated carbocycles. The zero-order valence-corrected chi connectivity index (χ0v) is 10.6. The third-order valence-corrected chi connectivity index (χ3v) is 4.47. The fourth-order valence-electron chi connectivity index (χ4n) is 2.01. The Hall–Kier alpha value is -0.340. The van der Waals surface area contributed by atoms with Gasteiger partial charge in [0.15, 0.2) is 5.78 Å². The quantitative estimate of drug-likeness (QED) is 0.712. The van der Waals surface area contributed by atoms with Gasteiger partial charge < -0.3 is 0 Å². The maximum Gasteiger partial charge on any atom is 0.153 e. The van der Waals surface area contributed by atoms with Gasteiger partial charge in [0.25, 0.3) is 0 Å². The maximum atomic E-state index is 11.9. The second kappa shape index (κ2) is 4.26. The van der Waals surface area contributed by atoms with E-state index in [1.807, 2.05) is 24.3 Å². The van der Waals surface area contributed by atoms with Crippen LogP contribution in [0, 0.1) is 0 Å². The van der Waals surface area contributed by atoms with Crippen LogP contribution >= 0.6 is 27.5 Å². The molecule has 2 rings (SSSR count). The minimum atomic E-state index is -0.462. The highest BCUT2D eigenvalue weighted by atomic mass is 79.9. The Kier molecular flexibility index (Phi) is 3.17. The standard InChI is InChI=1S/C12H12BrClO/c13-12(8-2-1-3-11(12)15)9-4-6-10(14)7-5-9/h4-7H,1-3,8H2. The molecule has 1 aliphatic rings. The Bertz CT molecular complexity index is 374.